The first-order valence-corrected chi connectivity index (χ1v) is 7.53. The van der Waals surface area contributed by atoms with E-state index in [-0.39, 0.29) is 18.0 Å². The van der Waals surface area contributed by atoms with Crippen molar-refractivity contribution in [2.45, 2.75) is 6.54 Å². The standard InChI is InChI=1S/C17H14ClN3O3/c1-24-13-4-2-3-12(8-13)20-16(22)9-21-10-19-15-6-5-11(18)7-14(15)17(21)23/h2-8,10H,9H2,1H3,(H,20,22). The van der Waals surface area contributed by atoms with Gasteiger partial charge in [0, 0.05) is 16.8 Å². The number of carbonyl (C=O) groups is 1. The second-order valence-corrected chi connectivity index (χ2v) is 5.56. The molecule has 3 aromatic rings. The second-order valence-electron chi connectivity index (χ2n) is 5.12. The van der Waals surface area contributed by atoms with Crippen LogP contribution < -0.4 is 15.6 Å². The van der Waals surface area contributed by atoms with E-state index in [1.54, 1.807) is 49.6 Å². The summed E-state index contributed by atoms with van der Waals surface area (Å²) >= 11 is 5.92. The van der Waals surface area contributed by atoms with Crippen LogP contribution in [0, 0.1) is 0 Å². The molecule has 1 amide bonds. The van der Waals surface area contributed by atoms with E-state index in [0.717, 1.165) is 0 Å². The van der Waals surface area contributed by atoms with Gasteiger partial charge in [-0.2, -0.15) is 0 Å². The molecule has 1 heterocycles. The molecular weight excluding hydrogens is 330 g/mol. The van der Waals surface area contributed by atoms with E-state index in [2.05, 4.69) is 10.3 Å². The largest absolute Gasteiger partial charge is 0.497 e. The molecule has 0 fully saturated rings. The number of benzene rings is 2. The molecular formula is C17H14ClN3O3. The number of aromatic nitrogens is 2. The molecule has 0 aliphatic carbocycles. The fourth-order valence-electron chi connectivity index (χ4n) is 2.30. The van der Waals surface area contributed by atoms with Crippen molar-refractivity contribution < 1.29 is 9.53 Å². The first kappa shape index (κ1) is 16.0. The molecule has 0 aliphatic rings. The fraction of sp³-hybridized carbons (Fsp3) is 0.118. The summed E-state index contributed by atoms with van der Waals surface area (Å²) in [4.78, 5) is 28.8. The number of hydrogen-bond donors (Lipinski definition) is 1. The smallest absolute Gasteiger partial charge is 0.261 e. The molecule has 0 atom stereocenters. The van der Waals surface area contributed by atoms with E-state index in [4.69, 9.17) is 16.3 Å². The van der Waals surface area contributed by atoms with E-state index in [9.17, 15) is 9.59 Å². The molecule has 2 aromatic carbocycles. The summed E-state index contributed by atoms with van der Waals surface area (Å²) in [6, 6.07) is 11.8. The van der Waals surface area contributed by atoms with Crippen LogP contribution in [0.4, 0.5) is 5.69 Å². The van der Waals surface area contributed by atoms with Crippen molar-refractivity contribution in [3.8, 4) is 5.75 Å². The summed E-state index contributed by atoms with van der Waals surface area (Å²) in [6.07, 6.45) is 1.35. The van der Waals surface area contributed by atoms with E-state index in [1.807, 2.05) is 0 Å². The Morgan fingerprint density at radius 1 is 1.29 bits per heavy atom. The Morgan fingerprint density at radius 3 is 2.92 bits per heavy atom. The van der Waals surface area contributed by atoms with Crippen LogP contribution in [0.2, 0.25) is 5.02 Å². The Bertz CT molecular complexity index is 969. The third-order valence-corrected chi connectivity index (χ3v) is 3.69. The van der Waals surface area contributed by atoms with Crippen LogP contribution in [-0.4, -0.2) is 22.6 Å². The molecule has 6 nitrogen and oxygen atoms in total. The van der Waals surface area contributed by atoms with Gasteiger partial charge in [0.05, 0.1) is 24.3 Å². The molecule has 0 bridgehead atoms. The minimum absolute atomic E-state index is 0.147. The predicted octanol–water partition coefficient (Wildman–Crippen LogP) is 2.70. The zero-order valence-corrected chi connectivity index (χ0v) is 13.6. The fourth-order valence-corrected chi connectivity index (χ4v) is 2.47. The van der Waals surface area contributed by atoms with Gasteiger partial charge < -0.3 is 10.1 Å². The van der Waals surface area contributed by atoms with Gasteiger partial charge in [-0.05, 0) is 30.3 Å². The van der Waals surface area contributed by atoms with Gasteiger partial charge >= 0.3 is 0 Å². The number of rotatable bonds is 4. The lowest BCUT2D eigenvalue weighted by molar-refractivity contribution is -0.116. The number of fused-ring (bicyclic) bond motifs is 1. The van der Waals surface area contributed by atoms with Gasteiger partial charge in [-0.15, -0.1) is 0 Å². The highest BCUT2D eigenvalue weighted by Crippen LogP contribution is 2.17. The van der Waals surface area contributed by atoms with Crippen LogP contribution in [-0.2, 0) is 11.3 Å². The average Bonchev–Trinajstić information content (AvgIpc) is 2.58. The van der Waals surface area contributed by atoms with E-state index in [0.29, 0.717) is 27.4 Å². The van der Waals surface area contributed by atoms with Crippen molar-refractivity contribution in [2.75, 3.05) is 12.4 Å². The van der Waals surface area contributed by atoms with Crippen molar-refractivity contribution in [1.82, 2.24) is 9.55 Å². The van der Waals surface area contributed by atoms with Gasteiger partial charge in [0.2, 0.25) is 5.91 Å². The maximum absolute atomic E-state index is 12.4. The van der Waals surface area contributed by atoms with Gasteiger partial charge in [-0.1, -0.05) is 17.7 Å². The highest BCUT2D eigenvalue weighted by Gasteiger charge is 2.09. The number of nitrogens with zero attached hydrogens (tertiary/aromatic N) is 2. The summed E-state index contributed by atoms with van der Waals surface area (Å²) in [5.74, 6) is 0.292. The lowest BCUT2D eigenvalue weighted by atomic mass is 10.2. The van der Waals surface area contributed by atoms with Crippen molar-refractivity contribution >= 4 is 34.1 Å². The molecule has 24 heavy (non-hydrogen) atoms. The highest BCUT2D eigenvalue weighted by molar-refractivity contribution is 6.31. The lowest BCUT2D eigenvalue weighted by Crippen LogP contribution is -2.27. The number of anilines is 1. The summed E-state index contributed by atoms with van der Waals surface area (Å²) in [5.41, 5.74) is 0.807. The number of nitrogens with one attached hydrogen (secondary N) is 1. The maximum atomic E-state index is 12.4. The Morgan fingerprint density at radius 2 is 2.12 bits per heavy atom. The van der Waals surface area contributed by atoms with Crippen molar-refractivity contribution in [3.63, 3.8) is 0 Å². The first-order chi connectivity index (χ1) is 11.6. The summed E-state index contributed by atoms with van der Waals surface area (Å²) in [5, 5.41) is 3.54. The van der Waals surface area contributed by atoms with Crippen LogP contribution in [0.1, 0.15) is 0 Å². The molecule has 0 saturated heterocycles. The molecule has 0 spiro atoms. The zero-order chi connectivity index (χ0) is 17.1. The molecule has 1 aromatic heterocycles. The van der Waals surface area contributed by atoms with E-state index in [1.165, 1.54) is 10.9 Å². The van der Waals surface area contributed by atoms with Gasteiger partial charge in [0.1, 0.15) is 12.3 Å². The molecule has 1 N–H and O–H groups in total. The van der Waals surface area contributed by atoms with Crippen LogP contribution in [0.3, 0.4) is 0 Å². The van der Waals surface area contributed by atoms with Gasteiger partial charge in [0.15, 0.2) is 0 Å². The minimum Gasteiger partial charge on any atom is -0.497 e. The maximum Gasteiger partial charge on any atom is 0.261 e. The Hall–Kier alpha value is -2.86. The van der Waals surface area contributed by atoms with E-state index < -0.39 is 0 Å². The lowest BCUT2D eigenvalue weighted by Gasteiger charge is -2.09. The zero-order valence-electron chi connectivity index (χ0n) is 12.8. The summed E-state index contributed by atoms with van der Waals surface area (Å²) < 4.78 is 6.35. The summed E-state index contributed by atoms with van der Waals surface area (Å²) in [7, 11) is 1.55. The Balaban J connectivity index is 1.82. The molecule has 0 saturated carbocycles. The number of carbonyl (C=O) groups excluding carboxylic acids is 1. The van der Waals surface area contributed by atoms with Crippen molar-refractivity contribution in [3.05, 3.63) is 64.2 Å². The van der Waals surface area contributed by atoms with Crippen LogP contribution in [0.15, 0.2) is 53.6 Å². The minimum atomic E-state index is -0.339. The van der Waals surface area contributed by atoms with Gasteiger partial charge in [-0.3, -0.25) is 14.2 Å². The van der Waals surface area contributed by atoms with Crippen molar-refractivity contribution in [1.29, 1.82) is 0 Å². The number of methoxy groups -OCH3 is 1. The molecule has 3 rings (SSSR count). The number of amides is 1. The monoisotopic (exact) mass is 343 g/mol. The molecule has 7 heteroatoms. The topological polar surface area (TPSA) is 73.2 Å². The van der Waals surface area contributed by atoms with Gasteiger partial charge in [-0.25, -0.2) is 4.98 Å². The second kappa shape index (κ2) is 6.72. The molecule has 0 radical (unpaired) electrons. The number of ether oxygens (including phenoxy) is 1. The molecule has 122 valence electrons. The van der Waals surface area contributed by atoms with Gasteiger partial charge in [0.25, 0.3) is 5.56 Å². The van der Waals surface area contributed by atoms with Crippen LogP contribution in [0.25, 0.3) is 10.9 Å². The number of halogens is 1. The third-order valence-electron chi connectivity index (χ3n) is 3.45. The van der Waals surface area contributed by atoms with Crippen LogP contribution >= 0.6 is 11.6 Å². The van der Waals surface area contributed by atoms with E-state index >= 15 is 0 Å². The Kier molecular flexibility index (Phi) is 4.48. The molecule has 0 aliphatic heterocycles. The third kappa shape index (κ3) is 3.38. The molecule has 0 unspecified atom stereocenters. The predicted molar refractivity (Wildman–Crippen MR) is 92.6 cm³/mol. The van der Waals surface area contributed by atoms with Crippen LogP contribution in [0.5, 0.6) is 5.75 Å². The Labute approximate surface area is 142 Å². The van der Waals surface area contributed by atoms with Crippen molar-refractivity contribution in [2.24, 2.45) is 0 Å². The first-order valence-electron chi connectivity index (χ1n) is 7.15. The summed E-state index contributed by atoms with van der Waals surface area (Å²) in [6.45, 7) is -0.147. The average molecular weight is 344 g/mol. The normalized spacial score (nSPS) is 10.6. The highest BCUT2D eigenvalue weighted by atomic mass is 35.5. The quantitative estimate of drug-likeness (QED) is 0.790. The SMILES string of the molecule is COc1cccc(NC(=O)Cn2cnc3ccc(Cl)cc3c2=O)c1. The number of hydrogen-bond acceptors (Lipinski definition) is 4.